The number of aryl methyl sites for hydroxylation is 2. The molecule has 0 saturated heterocycles. The van der Waals surface area contributed by atoms with Gasteiger partial charge in [-0.3, -0.25) is 9.59 Å². The van der Waals surface area contributed by atoms with Gasteiger partial charge in [-0.05, 0) is 42.5 Å². The molecule has 0 saturated carbocycles. The number of amides is 2. The molecular weight excluding hydrogens is 396 g/mol. The van der Waals surface area contributed by atoms with Crippen molar-refractivity contribution in [3.63, 3.8) is 0 Å². The summed E-state index contributed by atoms with van der Waals surface area (Å²) in [6.45, 7) is 3.90. The lowest BCUT2D eigenvalue weighted by Crippen LogP contribution is -2.33. The summed E-state index contributed by atoms with van der Waals surface area (Å²) in [5.74, 6) is -0.677. The molecule has 0 fully saturated rings. The van der Waals surface area contributed by atoms with E-state index >= 15 is 0 Å². The number of rotatable bonds is 4. The van der Waals surface area contributed by atoms with Gasteiger partial charge in [-0.15, -0.1) is 0 Å². The number of carbonyl (C=O) groups is 2. The fourth-order valence-electron chi connectivity index (χ4n) is 4.14. The number of nitrogens with zero attached hydrogens (tertiary/aromatic N) is 1. The minimum atomic E-state index is -0.354. The zero-order valence-electron chi connectivity index (χ0n) is 17.9. The van der Waals surface area contributed by atoms with E-state index in [1.807, 2.05) is 98.8 Å². The first-order valence-electron chi connectivity index (χ1n) is 10.5. The SMILES string of the molecule is Cc1ccc(C2=C(Nc3cccc4ccccc34)C(=O)N(c3ccccc3C)C2=O)cc1. The predicted molar refractivity (Wildman–Crippen MR) is 129 cm³/mol. The molecule has 32 heavy (non-hydrogen) atoms. The Kier molecular flexibility index (Phi) is 4.83. The zero-order valence-corrected chi connectivity index (χ0v) is 17.9. The van der Waals surface area contributed by atoms with Gasteiger partial charge < -0.3 is 5.32 Å². The van der Waals surface area contributed by atoms with E-state index < -0.39 is 0 Å². The Labute approximate surface area is 186 Å². The van der Waals surface area contributed by atoms with Crippen molar-refractivity contribution in [2.45, 2.75) is 13.8 Å². The molecule has 156 valence electrons. The van der Waals surface area contributed by atoms with E-state index in [1.54, 1.807) is 6.07 Å². The van der Waals surface area contributed by atoms with Crippen molar-refractivity contribution in [3.8, 4) is 0 Å². The molecule has 1 N–H and O–H groups in total. The molecule has 0 unspecified atom stereocenters. The van der Waals surface area contributed by atoms with Crippen LogP contribution in [0.2, 0.25) is 0 Å². The predicted octanol–water partition coefficient (Wildman–Crippen LogP) is 5.85. The second-order valence-electron chi connectivity index (χ2n) is 8.00. The van der Waals surface area contributed by atoms with Crippen molar-refractivity contribution < 1.29 is 9.59 Å². The second-order valence-corrected chi connectivity index (χ2v) is 8.00. The summed E-state index contributed by atoms with van der Waals surface area (Å²) < 4.78 is 0. The quantitative estimate of drug-likeness (QED) is 0.423. The van der Waals surface area contributed by atoms with E-state index in [9.17, 15) is 9.59 Å². The fraction of sp³-hybridized carbons (Fsp3) is 0.0714. The molecule has 1 aliphatic heterocycles. The molecule has 2 amide bonds. The molecule has 1 heterocycles. The van der Waals surface area contributed by atoms with Crippen LogP contribution in [-0.2, 0) is 9.59 Å². The Morgan fingerprint density at radius 3 is 2.16 bits per heavy atom. The molecule has 4 aromatic rings. The summed E-state index contributed by atoms with van der Waals surface area (Å²) in [5.41, 5.74) is 4.73. The van der Waals surface area contributed by atoms with Gasteiger partial charge in [0.15, 0.2) is 0 Å². The standard InChI is InChI=1S/C28H22N2O2/c1-18-14-16-21(17-15-18)25-26(29-23-12-7-10-20-9-4-5-11-22(20)23)28(32)30(27(25)31)24-13-6-3-8-19(24)2/h3-17,29H,1-2H3. The lowest BCUT2D eigenvalue weighted by atomic mass is 10.0. The molecule has 4 heteroatoms. The van der Waals surface area contributed by atoms with Gasteiger partial charge >= 0.3 is 0 Å². The molecule has 0 aromatic heterocycles. The van der Waals surface area contributed by atoms with Crippen molar-refractivity contribution >= 4 is 39.5 Å². The average Bonchev–Trinajstić information content (AvgIpc) is 3.04. The van der Waals surface area contributed by atoms with Gasteiger partial charge in [0.2, 0.25) is 0 Å². The van der Waals surface area contributed by atoms with Crippen LogP contribution < -0.4 is 10.2 Å². The Morgan fingerprint density at radius 2 is 1.38 bits per heavy atom. The highest BCUT2D eigenvalue weighted by Crippen LogP contribution is 2.36. The molecule has 0 spiro atoms. The first kappa shape index (κ1) is 19.8. The van der Waals surface area contributed by atoms with Crippen LogP contribution in [0.3, 0.4) is 0 Å². The lowest BCUT2D eigenvalue weighted by Gasteiger charge is -2.18. The third kappa shape index (κ3) is 3.26. The largest absolute Gasteiger partial charge is 0.350 e. The summed E-state index contributed by atoms with van der Waals surface area (Å²) in [5, 5.41) is 5.36. The lowest BCUT2D eigenvalue weighted by molar-refractivity contribution is -0.120. The second kappa shape index (κ2) is 7.82. The highest BCUT2D eigenvalue weighted by atomic mass is 16.2. The first-order chi connectivity index (χ1) is 15.5. The topological polar surface area (TPSA) is 49.4 Å². The Bertz CT molecular complexity index is 1400. The Hall–Kier alpha value is -4.18. The number of imide groups is 1. The summed E-state index contributed by atoms with van der Waals surface area (Å²) in [4.78, 5) is 28.5. The summed E-state index contributed by atoms with van der Waals surface area (Å²) in [6, 6.07) is 29.0. The number of para-hydroxylation sites is 1. The van der Waals surface area contributed by atoms with E-state index in [-0.39, 0.29) is 11.8 Å². The summed E-state index contributed by atoms with van der Waals surface area (Å²) >= 11 is 0. The fourth-order valence-corrected chi connectivity index (χ4v) is 4.14. The van der Waals surface area contributed by atoms with E-state index in [4.69, 9.17) is 0 Å². The number of benzene rings is 4. The molecule has 0 aliphatic carbocycles. The number of carbonyl (C=O) groups excluding carboxylic acids is 2. The van der Waals surface area contributed by atoms with Gasteiger partial charge in [-0.2, -0.15) is 0 Å². The van der Waals surface area contributed by atoms with Crippen molar-refractivity contribution in [1.29, 1.82) is 0 Å². The maximum absolute atomic E-state index is 13.6. The van der Waals surface area contributed by atoms with E-state index in [1.165, 1.54) is 4.90 Å². The minimum Gasteiger partial charge on any atom is -0.350 e. The molecule has 4 aromatic carbocycles. The molecule has 0 atom stereocenters. The van der Waals surface area contributed by atoms with Gasteiger partial charge in [-0.25, -0.2) is 4.90 Å². The van der Waals surface area contributed by atoms with Crippen LogP contribution in [0, 0.1) is 13.8 Å². The third-order valence-electron chi connectivity index (χ3n) is 5.83. The molecule has 4 nitrogen and oxygen atoms in total. The van der Waals surface area contributed by atoms with Crippen LogP contribution >= 0.6 is 0 Å². The Balaban J connectivity index is 1.68. The molecule has 5 rings (SSSR count). The van der Waals surface area contributed by atoms with Crippen LogP contribution in [0.1, 0.15) is 16.7 Å². The Morgan fingerprint density at radius 1 is 0.688 bits per heavy atom. The summed E-state index contributed by atoms with van der Waals surface area (Å²) in [6.07, 6.45) is 0. The van der Waals surface area contributed by atoms with Gasteiger partial charge in [0.05, 0.1) is 11.3 Å². The number of hydrogen-bond acceptors (Lipinski definition) is 3. The van der Waals surface area contributed by atoms with Gasteiger partial charge in [0.25, 0.3) is 11.8 Å². The van der Waals surface area contributed by atoms with Gasteiger partial charge in [0, 0.05) is 11.1 Å². The monoisotopic (exact) mass is 418 g/mol. The third-order valence-corrected chi connectivity index (χ3v) is 5.83. The van der Waals surface area contributed by atoms with Crippen LogP contribution in [0.5, 0.6) is 0 Å². The van der Waals surface area contributed by atoms with Crippen molar-refractivity contribution in [3.05, 3.63) is 113 Å². The number of nitrogens with one attached hydrogen (secondary N) is 1. The zero-order chi connectivity index (χ0) is 22.2. The molecular formula is C28H22N2O2. The average molecular weight is 418 g/mol. The van der Waals surface area contributed by atoms with E-state index in [2.05, 4.69) is 5.32 Å². The smallest absolute Gasteiger partial charge is 0.282 e. The molecule has 0 radical (unpaired) electrons. The molecule has 0 bridgehead atoms. The highest BCUT2D eigenvalue weighted by molar-refractivity contribution is 6.46. The minimum absolute atomic E-state index is 0.290. The number of fused-ring (bicyclic) bond motifs is 1. The van der Waals surface area contributed by atoms with E-state index in [0.717, 1.165) is 27.6 Å². The summed E-state index contributed by atoms with van der Waals surface area (Å²) in [7, 11) is 0. The molecule has 1 aliphatic rings. The number of anilines is 2. The van der Waals surface area contributed by atoms with E-state index in [0.29, 0.717) is 22.5 Å². The van der Waals surface area contributed by atoms with Crippen molar-refractivity contribution in [1.82, 2.24) is 0 Å². The van der Waals surface area contributed by atoms with Crippen molar-refractivity contribution in [2.75, 3.05) is 10.2 Å². The van der Waals surface area contributed by atoms with Crippen LogP contribution in [0.4, 0.5) is 11.4 Å². The maximum Gasteiger partial charge on any atom is 0.282 e. The van der Waals surface area contributed by atoms with Crippen LogP contribution in [-0.4, -0.2) is 11.8 Å². The normalized spacial score (nSPS) is 13.9. The van der Waals surface area contributed by atoms with Crippen molar-refractivity contribution in [2.24, 2.45) is 0 Å². The van der Waals surface area contributed by atoms with Crippen LogP contribution in [0.25, 0.3) is 16.3 Å². The highest BCUT2D eigenvalue weighted by Gasteiger charge is 2.40. The first-order valence-corrected chi connectivity index (χ1v) is 10.5. The maximum atomic E-state index is 13.6. The van der Waals surface area contributed by atoms with Crippen LogP contribution in [0.15, 0.2) is 96.7 Å². The van der Waals surface area contributed by atoms with Gasteiger partial charge in [0.1, 0.15) is 5.70 Å². The number of hydrogen-bond donors (Lipinski definition) is 1. The van der Waals surface area contributed by atoms with Gasteiger partial charge in [-0.1, -0.05) is 84.4 Å².